The summed E-state index contributed by atoms with van der Waals surface area (Å²) in [7, 11) is 0. The van der Waals surface area contributed by atoms with Crippen LogP contribution in [0.1, 0.15) is 35.3 Å². The van der Waals surface area contributed by atoms with E-state index in [1.54, 1.807) is 6.92 Å². The average molecular weight is 254 g/mol. The number of Topliss-reactive ketones (excluding diaryl/α,β-unsaturated/α-hetero) is 1. The fraction of sp³-hybridized carbons (Fsp3) is 0.235. The molecule has 2 nitrogen and oxygen atoms in total. The molecule has 0 saturated heterocycles. The van der Waals surface area contributed by atoms with Crippen LogP contribution in [0.3, 0.4) is 0 Å². The molecule has 0 spiro atoms. The van der Waals surface area contributed by atoms with Crippen LogP contribution >= 0.6 is 0 Å². The van der Waals surface area contributed by atoms with Crippen molar-refractivity contribution in [1.29, 1.82) is 0 Å². The molecule has 2 heteroatoms. The third-order valence-corrected chi connectivity index (χ3v) is 3.08. The van der Waals surface area contributed by atoms with E-state index in [9.17, 15) is 4.79 Å². The van der Waals surface area contributed by atoms with E-state index in [4.69, 9.17) is 4.74 Å². The van der Waals surface area contributed by atoms with Crippen LogP contribution < -0.4 is 4.74 Å². The highest BCUT2D eigenvalue weighted by Crippen LogP contribution is 2.26. The third kappa shape index (κ3) is 3.22. The molecule has 0 aliphatic rings. The summed E-state index contributed by atoms with van der Waals surface area (Å²) >= 11 is 0. The van der Waals surface area contributed by atoms with E-state index in [2.05, 4.69) is 6.92 Å². The second-order valence-corrected chi connectivity index (χ2v) is 4.48. The topological polar surface area (TPSA) is 26.3 Å². The van der Waals surface area contributed by atoms with Gasteiger partial charge in [0.25, 0.3) is 0 Å². The average Bonchev–Trinajstić information content (AvgIpc) is 2.45. The number of rotatable bonds is 5. The van der Waals surface area contributed by atoms with Gasteiger partial charge >= 0.3 is 0 Å². The van der Waals surface area contributed by atoms with Gasteiger partial charge in [-0.25, -0.2) is 0 Å². The van der Waals surface area contributed by atoms with E-state index in [1.807, 2.05) is 48.5 Å². The van der Waals surface area contributed by atoms with E-state index in [0.717, 1.165) is 23.3 Å². The quantitative estimate of drug-likeness (QED) is 0.753. The lowest BCUT2D eigenvalue weighted by atomic mass is 10.0. The van der Waals surface area contributed by atoms with Gasteiger partial charge in [0.2, 0.25) is 0 Å². The Morgan fingerprint density at radius 2 is 1.79 bits per heavy atom. The summed E-state index contributed by atoms with van der Waals surface area (Å²) in [6.07, 6.45) is 0.852. The number of ether oxygens (including phenoxy) is 1. The van der Waals surface area contributed by atoms with Crippen molar-refractivity contribution in [2.75, 3.05) is 0 Å². The fourth-order valence-corrected chi connectivity index (χ4v) is 2.04. The molecule has 98 valence electrons. The molecule has 0 bridgehead atoms. The molecule has 0 atom stereocenters. The predicted octanol–water partition coefficient (Wildman–Crippen LogP) is 4.03. The highest BCUT2D eigenvalue weighted by molar-refractivity contribution is 5.97. The molecule has 0 unspecified atom stereocenters. The number of hydrogen-bond acceptors (Lipinski definition) is 2. The molecule has 2 rings (SSSR count). The summed E-state index contributed by atoms with van der Waals surface area (Å²) in [5.41, 5.74) is 2.84. The largest absolute Gasteiger partial charge is 0.488 e. The number of carbonyl (C=O) groups is 1. The van der Waals surface area contributed by atoms with E-state index in [1.165, 1.54) is 0 Å². The summed E-state index contributed by atoms with van der Waals surface area (Å²) in [6.45, 7) is 4.12. The SMILES string of the molecule is CCc1cccc(C(C)=O)c1OCc1ccccc1. The molecule has 2 aromatic rings. The van der Waals surface area contributed by atoms with Crippen LogP contribution in [0.5, 0.6) is 5.75 Å². The molecule has 0 heterocycles. The monoisotopic (exact) mass is 254 g/mol. The van der Waals surface area contributed by atoms with E-state index >= 15 is 0 Å². The van der Waals surface area contributed by atoms with E-state index in [0.29, 0.717) is 12.2 Å². The van der Waals surface area contributed by atoms with Crippen molar-refractivity contribution >= 4 is 5.78 Å². The summed E-state index contributed by atoms with van der Waals surface area (Å²) in [5.74, 6) is 0.764. The van der Waals surface area contributed by atoms with Crippen molar-refractivity contribution in [2.45, 2.75) is 26.9 Å². The van der Waals surface area contributed by atoms with Crippen LogP contribution in [0, 0.1) is 0 Å². The second kappa shape index (κ2) is 6.19. The Balaban J connectivity index is 2.25. The van der Waals surface area contributed by atoms with Crippen LogP contribution in [0.15, 0.2) is 48.5 Å². The zero-order valence-electron chi connectivity index (χ0n) is 11.3. The zero-order valence-corrected chi connectivity index (χ0v) is 11.3. The van der Waals surface area contributed by atoms with Crippen molar-refractivity contribution in [3.05, 3.63) is 65.2 Å². The first-order chi connectivity index (χ1) is 9.22. The van der Waals surface area contributed by atoms with Crippen molar-refractivity contribution in [3.63, 3.8) is 0 Å². The van der Waals surface area contributed by atoms with Crippen molar-refractivity contribution in [1.82, 2.24) is 0 Å². The molecule has 0 aliphatic carbocycles. The van der Waals surface area contributed by atoms with E-state index < -0.39 is 0 Å². The van der Waals surface area contributed by atoms with Crippen LogP contribution in [0.4, 0.5) is 0 Å². The summed E-state index contributed by atoms with van der Waals surface area (Å²) in [4.78, 5) is 11.7. The molecule has 0 N–H and O–H groups in total. The van der Waals surface area contributed by atoms with Crippen LogP contribution in [-0.4, -0.2) is 5.78 Å². The first kappa shape index (κ1) is 13.3. The van der Waals surface area contributed by atoms with Gasteiger partial charge in [-0.3, -0.25) is 4.79 Å². The number of ketones is 1. The molecule has 0 aliphatic heterocycles. The number of carbonyl (C=O) groups excluding carboxylic acids is 1. The minimum atomic E-state index is 0.0401. The lowest BCUT2D eigenvalue weighted by molar-refractivity contribution is 0.101. The van der Waals surface area contributed by atoms with E-state index in [-0.39, 0.29) is 5.78 Å². The highest BCUT2D eigenvalue weighted by atomic mass is 16.5. The van der Waals surface area contributed by atoms with Gasteiger partial charge in [-0.1, -0.05) is 49.4 Å². The first-order valence-corrected chi connectivity index (χ1v) is 6.52. The van der Waals surface area contributed by atoms with Gasteiger partial charge in [-0.05, 0) is 30.5 Å². The molecular formula is C17H18O2. The van der Waals surface area contributed by atoms with Gasteiger partial charge < -0.3 is 4.74 Å². The summed E-state index contributed by atoms with van der Waals surface area (Å²) in [6, 6.07) is 15.7. The Bertz CT molecular complexity index is 559. The number of aryl methyl sites for hydroxylation is 1. The molecule has 0 aromatic heterocycles. The third-order valence-electron chi connectivity index (χ3n) is 3.08. The maximum atomic E-state index is 11.7. The summed E-state index contributed by atoms with van der Waals surface area (Å²) < 4.78 is 5.89. The van der Waals surface area contributed by atoms with Crippen molar-refractivity contribution in [3.8, 4) is 5.75 Å². The first-order valence-electron chi connectivity index (χ1n) is 6.52. The molecule has 0 fully saturated rings. The smallest absolute Gasteiger partial charge is 0.163 e. The molecule has 0 radical (unpaired) electrons. The van der Waals surface area contributed by atoms with Gasteiger partial charge in [0, 0.05) is 0 Å². The van der Waals surface area contributed by atoms with Crippen molar-refractivity contribution in [2.24, 2.45) is 0 Å². The Hall–Kier alpha value is -2.09. The Kier molecular flexibility index (Phi) is 4.35. The summed E-state index contributed by atoms with van der Waals surface area (Å²) in [5, 5.41) is 0. The van der Waals surface area contributed by atoms with Gasteiger partial charge in [0.05, 0.1) is 5.56 Å². The predicted molar refractivity (Wildman–Crippen MR) is 76.6 cm³/mol. The van der Waals surface area contributed by atoms with Gasteiger partial charge in [0.1, 0.15) is 12.4 Å². The van der Waals surface area contributed by atoms with Crippen LogP contribution in [0.25, 0.3) is 0 Å². The van der Waals surface area contributed by atoms with Crippen LogP contribution in [-0.2, 0) is 13.0 Å². The molecule has 2 aromatic carbocycles. The number of hydrogen-bond donors (Lipinski definition) is 0. The fourth-order valence-electron chi connectivity index (χ4n) is 2.04. The second-order valence-electron chi connectivity index (χ2n) is 4.48. The highest BCUT2D eigenvalue weighted by Gasteiger charge is 2.12. The zero-order chi connectivity index (χ0) is 13.7. The van der Waals surface area contributed by atoms with Gasteiger partial charge in [-0.2, -0.15) is 0 Å². The lowest BCUT2D eigenvalue weighted by Gasteiger charge is -2.14. The molecular weight excluding hydrogens is 236 g/mol. The maximum absolute atomic E-state index is 11.7. The minimum Gasteiger partial charge on any atom is -0.488 e. The molecule has 19 heavy (non-hydrogen) atoms. The Labute approximate surface area is 114 Å². The normalized spacial score (nSPS) is 10.2. The van der Waals surface area contributed by atoms with Gasteiger partial charge in [0.15, 0.2) is 5.78 Å². The van der Waals surface area contributed by atoms with Crippen molar-refractivity contribution < 1.29 is 9.53 Å². The van der Waals surface area contributed by atoms with Crippen LogP contribution in [0.2, 0.25) is 0 Å². The molecule has 0 amide bonds. The standard InChI is InChI=1S/C17H18O2/c1-3-15-10-7-11-16(13(2)18)17(15)19-12-14-8-5-4-6-9-14/h4-11H,3,12H2,1-2H3. The Morgan fingerprint density at radius 1 is 1.05 bits per heavy atom. The lowest BCUT2D eigenvalue weighted by Crippen LogP contribution is -2.04. The number of para-hydroxylation sites is 1. The number of benzene rings is 2. The maximum Gasteiger partial charge on any atom is 0.163 e. The minimum absolute atomic E-state index is 0.0401. The van der Waals surface area contributed by atoms with Gasteiger partial charge in [-0.15, -0.1) is 0 Å². The molecule has 0 saturated carbocycles. The Morgan fingerprint density at radius 3 is 2.42 bits per heavy atom.